The Hall–Kier alpha value is -0.130. The maximum Gasteiger partial charge on any atom is 0.324 e. The lowest BCUT2D eigenvalue weighted by Crippen LogP contribution is -2.39. The van der Waals surface area contributed by atoms with Gasteiger partial charge in [-0.3, -0.25) is 4.79 Å². The summed E-state index contributed by atoms with van der Waals surface area (Å²) in [6.45, 7) is 1.40. The van der Waals surface area contributed by atoms with Crippen molar-refractivity contribution in [3.05, 3.63) is 0 Å². The number of hydrogen-bond acceptors (Lipinski definition) is 3. The number of carboxylic acids is 1. The van der Waals surface area contributed by atoms with Crippen molar-refractivity contribution in [3.8, 4) is 0 Å². The number of rotatable bonds is 3. The first-order chi connectivity index (χ1) is 4.09. The van der Waals surface area contributed by atoms with Crippen LogP contribution in [0.5, 0.6) is 0 Å². The number of carboxylic acid groups (broad SMARTS) is 1. The molecule has 3 N–H and O–H groups in total. The molecule has 0 aliphatic rings. The highest BCUT2D eigenvalue weighted by molar-refractivity contribution is 9.08. The molecule has 0 aliphatic heterocycles. The van der Waals surface area contributed by atoms with E-state index >= 15 is 0 Å². The molecule has 0 bridgehead atoms. The molecule has 4 nitrogen and oxygen atoms in total. The van der Waals surface area contributed by atoms with Crippen LogP contribution in [-0.4, -0.2) is 28.3 Å². The molecule has 0 rings (SSSR count). The minimum absolute atomic E-state index is 0.901. The topological polar surface area (TPSA) is 69.6 Å². The molecule has 0 amide bonds. The number of halogens is 1. The van der Waals surface area contributed by atoms with Gasteiger partial charge >= 0.3 is 5.97 Å². The number of aliphatic hydroxyl groups excluding tert-OH is 1. The molecule has 0 saturated carbocycles. The van der Waals surface area contributed by atoms with Crippen molar-refractivity contribution >= 4 is 22.1 Å². The zero-order chi connectivity index (χ0) is 7.44. The predicted octanol–water partition coefficient (Wildman–Crippen LogP) is -0.280. The number of hydrogen-bond donors (Lipinski definition) is 3. The average Bonchev–Trinajstić information content (AvgIpc) is 1.64. The normalized spacial score (nSPS) is 16.8. The van der Waals surface area contributed by atoms with Crippen LogP contribution in [0.3, 0.4) is 0 Å². The minimum Gasteiger partial charge on any atom is -0.480 e. The van der Waals surface area contributed by atoms with Crippen molar-refractivity contribution in [2.75, 3.05) is 0 Å². The van der Waals surface area contributed by atoms with Gasteiger partial charge in [-0.25, -0.2) is 4.34 Å². The fraction of sp³-hybridized carbons (Fsp3) is 0.750. The lowest BCUT2D eigenvalue weighted by molar-refractivity contribution is -0.141. The Morgan fingerprint density at radius 2 is 2.22 bits per heavy atom. The lowest BCUT2D eigenvalue weighted by atomic mass is 10.2. The van der Waals surface area contributed by atoms with Gasteiger partial charge in [0.25, 0.3) is 0 Å². The van der Waals surface area contributed by atoms with Crippen molar-refractivity contribution in [2.24, 2.45) is 0 Å². The summed E-state index contributed by atoms with van der Waals surface area (Å²) in [6, 6.07) is -0.940. The molecule has 5 heteroatoms. The Morgan fingerprint density at radius 1 is 1.78 bits per heavy atom. The highest BCUT2D eigenvalue weighted by Gasteiger charge is 2.20. The van der Waals surface area contributed by atoms with Gasteiger partial charge in [0, 0.05) is 16.1 Å². The Labute approximate surface area is 61.2 Å². The van der Waals surface area contributed by atoms with Crippen molar-refractivity contribution < 1.29 is 15.0 Å². The second kappa shape index (κ2) is 3.81. The molecule has 0 aliphatic carbocycles. The number of carbonyl (C=O) groups is 1. The summed E-state index contributed by atoms with van der Waals surface area (Å²) in [4.78, 5) is 10.1. The molecule has 0 spiro atoms. The molecule has 2 unspecified atom stereocenters. The molecule has 0 heterocycles. The van der Waals surface area contributed by atoms with E-state index in [1.807, 2.05) is 0 Å². The van der Waals surface area contributed by atoms with Crippen LogP contribution in [0.15, 0.2) is 0 Å². The van der Waals surface area contributed by atoms with E-state index in [4.69, 9.17) is 10.2 Å². The molecule has 0 aromatic carbocycles. The van der Waals surface area contributed by atoms with Crippen LogP contribution in [0.1, 0.15) is 6.92 Å². The minimum atomic E-state index is -1.08. The highest BCUT2D eigenvalue weighted by atomic mass is 79.9. The van der Waals surface area contributed by atoms with E-state index in [0.717, 1.165) is 0 Å². The van der Waals surface area contributed by atoms with E-state index < -0.39 is 18.1 Å². The summed E-state index contributed by atoms with van der Waals surface area (Å²) in [7, 11) is 0. The van der Waals surface area contributed by atoms with Crippen LogP contribution < -0.4 is 4.34 Å². The number of nitrogens with one attached hydrogen (secondary N) is 1. The Bertz CT molecular complexity index is 106. The Morgan fingerprint density at radius 3 is 2.22 bits per heavy atom. The van der Waals surface area contributed by atoms with E-state index in [2.05, 4.69) is 20.5 Å². The molecule has 9 heavy (non-hydrogen) atoms. The van der Waals surface area contributed by atoms with Crippen LogP contribution in [0.4, 0.5) is 0 Å². The standard InChI is InChI=1S/C4H8BrNO3/c1-2(7)3(6-5)4(8)9/h2-3,6-7H,1H3,(H,8,9). The maximum atomic E-state index is 10.1. The molecule has 0 aromatic heterocycles. The molecule has 54 valence electrons. The second-order valence-corrected chi connectivity index (χ2v) is 2.12. The van der Waals surface area contributed by atoms with Crippen LogP contribution in [-0.2, 0) is 4.79 Å². The van der Waals surface area contributed by atoms with Gasteiger partial charge in [-0.2, -0.15) is 0 Å². The second-order valence-electron chi connectivity index (χ2n) is 1.67. The fourth-order valence-electron chi connectivity index (χ4n) is 0.344. The largest absolute Gasteiger partial charge is 0.480 e. The van der Waals surface area contributed by atoms with Crippen molar-refractivity contribution in [3.63, 3.8) is 0 Å². The van der Waals surface area contributed by atoms with E-state index in [1.165, 1.54) is 6.92 Å². The Kier molecular flexibility index (Phi) is 3.76. The monoisotopic (exact) mass is 197 g/mol. The van der Waals surface area contributed by atoms with Crippen LogP contribution >= 0.6 is 16.1 Å². The summed E-state index contributed by atoms with van der Waals surface area (Å²) < 4.78 is 2.26. The van der Waals surface area contributed by atoms with Crippen molar-refractivity contribution in [2.45, 2.75) is 19.1 Å². The average molecular weight is 198 g/mol. The molecule has 2 atom stereocenters. The molecule has 0 saturated heterocycles. The predicted molar refractivity (Wildman–Crippen MR) is 35.2 cm³/mol. The van der Waals surface area contributed by atoms with E-state index in [9.17, 15) is 4.79 Å². The van der Waals surface area contributed by atoms with Crippen molar-refractivity contribution in [1.82, 2.24) is 4.34 Å². The molecular formula is C4H8BrNO3. The Balaban J connectivity index is 3.83. The fourth-order valence-corrected chi connectivity index (χ4v) is 0.923. The van der Waals surface area contributed by atoms with E-state index in [-0.39, 0.29) is 0 Å². The smallest absolute Gasteiger partial charge is 0.324 e. The quantitative estimate of drug-likeness (QED) is 0.545. The first-order valence-electron chi connectivity index (χ1n) is 2.36. The van der Waals surface area contributed by atoms with Gasteiger partial charge < -0.3 is 10.2 Å². The van der Waals surface area contributed by atoms with Gasteiger partial charge in [-0.05, 0) is 6.92 Å². The summed E-state index contributed by atoms with van der Waals surface area (Å²) >= 11 is 2.73. The zero-order valence-electron chi connectivity index (χ0n) is 4.84. The van der Waals surface area contributed by atoms with E-state index in [0.29, 0.717) is 0 Å². The van der Waals surface area contributed by atoms with Gasteiger partial charge in [0.1, 0.15) is 6.04 Å². The third kappa shape index (κ3) is 2.78. The van der Waals surface area contributed by atoms with Gasteiger partial charge in [0.2, 0.25) is 0 Å². The SMILES string of the molecule is CC(O)C(NBr)C(=O)O. The highest BCUT2D eigenvalue weighted by Crippen LogP contribution is 1.93. The molecule has 0 aromatic rings. The third-order valence-electron chi connectivity index (χ3n) is 0.866. The summed E-state index contributed by atoms with van der Waals surface area (Å²) in [5.41, 5.74) is 0. The van der Waals surface area contributed by atoms with Crippen LogP contribution in [0.25, 0.3) is 0 Å². The summed E-state index contributed by atoms with van der Waals surface area (Å²) in [5.74, 6) is -1.08. The zero-order valence-corrected chi connectivity index (χ0v) is 6.42. The van der Waals surface area contributed by atoms with Crippen LogP contribution in [0.2, 0.25) is 0 Å². The number of aliphatic hydroxyl groups is 1. The van der Waals surface area contributed by atoms with Gasteiger partial charge in [-0.15, -0.1) is 0 Å². The molecule has 0 radical (unpaired) electrons. The van der Waals surface area contributed by atoms with Gasteiger partial charge in [0.05, 0.1) is 6.10 Å². The molecule has 0 fully saturated rings. The molecular weight excluding hydrogens is 190 g/mol. The van der Waals surface area contributed by atoms with Crippen molar-refractivity contribution in [1.29, 1.82) is 0 Å². The van der Waals surface area contributed by atoms with Gasteiger partial charge in [-0.1, -0.05) is 0 Å². The first-order valence-corrected chi connectivity index (χ1v) is 3.16. The van der Waals surface area contributed by atoms with Crippen LogP contribution in [0, 0.1) is 0 Å². The first kappa shape index (κ1) is 8.87. The maximum absolute atomic E-state index is 10.1. The third-order valence-corrected chi connectivity index (χ3v) is 1.36. The summed E-state index contributed by atoms with van der Waals surface area (Å²) in [6.07, 6.45) is -0.901. The van der Waals surface area contributed by atoms with Gasteiger partial charge in [0.15, 0.2) is 0 Å². The lowest BCUT2D eigenvalue weighted by Gasteiger charge is -2.11. The number of aliphatic carboxylic acids is 1. The summed E-state index contributed by atoms with van der Waals surface area (Å²) in [5, 5.41) is 17.0. The van der Waals surface area contributed by atoms with E-state index in [1.54, 1.807) is 0 Å².